The van der Waals surface area contributed by atoms with E-state index in [9.17, 15) is 9.59 Å². The average Bonchev–Trinajstić information content (AvgIpc) is 2.32. The third-order valence-corrected chi connectivity index (χ3v) is 4.04. The summed E-state index contributed by atoms with van der Waals surface area (Å²) in [5.74, 6) is 0.638. The summed E-state index contributed by atoms with van der Waals surface area (Å²) in [6.07, 6.45) is 1.70. The molecule has 0 aromatic heterocycles. The summed E-state index contributed by atoms with van der Waals surface area (Å²) in [5.41, 5.74) is 6.05. The topological polar surface area (TPSA) is 75.4 Å². The van der Waals surface area contributed by atoms with Gasteiger partial charge in [0.2, 0.25) is 11.8 Å². The Hall–Kier alpha value is -1.10. The summed E-state index contributed by atoms with van der Waals surface area (Å²) in [4.78, 5) is 25.1. The summed E-state index contributed by atoms with van der Waals surface area (Å²) < 4.78 is 0. The van der Waals surface area contributed by atoms with Gasteiger partial charge in [-0.1, -0.05) is 13.8 Å². The number of amides is 2. The molecule has 5 nitrogen and oxygen atoms in total. The Morgan fingerprint density at radius 2 is 1.89 bits per heavy atom. The standard InChI is InChI=1S/C13H25N3O2/c1-8-5-9(2)11(14)6-10(8)13(18)16(4)7-12(17)15-3/h8-11H,5-7,14H2,1-4H3,(H,15,17). The molecule has 1 rings (SSSR count). The highest BCUT2D eigenvalue weighted by molar-refractivity contribution is 5.85. The number of nitrogens with two attached hydrogens (primary N) is 1. The number of rotatable bonds is 3. The van der Waals surface area contributed by atoms with Crippen molar-refractivity contribution in [2.24, 2.45) is 23.5 Å². The molecule has 1 aliphatic rings. The van der Waals surface area contributed by atoms with Gasteiger partial charge in [-0.15, -0.1) is 0 Å². The van der Waals surface area contributed by atoms with E-state index in [1.807, 2.05) is 0 Å². The highest BCUT2D eigenvalue weighted by Gasteiger charge is 2.36. The van der Waals surface area contributed by atoms with E-state index in [1.165, 1.54) is 4.90 Å². The van der Waals surface area contributed by atoms with E-state index >= 15 is 0 Å². The number of nitrogens with zero attached hydrogens (tertiary/aromatic N) is 1. The quantitative estimate of drug-likeness (QED) is 0.756. The van der Waals surface area contributed by atoms with Crippen molar-refractivity contribution in [1.82, 2.24) is 10.2 Å². The van der Waals surface area contributed by atoms with Gasteiger partial charge in [0.05, 0.1) is 6.54 Å². The second-order valence-corrected chi connectivity index (χ2v) is 5.56. The fourth-order valence-electron chi connectivity index (χ4n) is 2.68. The fraction of sp³-hybridized carbons (Fsp3) is 0.846. The van der Waals surface area contributed by atoms with Gasteiger partial charge in [-0.2, -0.15) is 0 Å². The molecule has 0 bridgehead atoms. The summed E-state index contributed by atoms with van der Waals surface area (Å²) >= 11 is 0. The van der Waals surface area contributed by atoms with Crippen LogP contribution in [0.15, 0.2) is 0 Å². The van der Waals surface area contributed by atoms with Crippen LogP contribution in [0.2, 0.25) is 0 Å². The van der Waals surface area contributed by atoms with Gasteiger partial charge in [0.25, 0.3) is 0 Å². The van der Waals surface area contributed by atoms with Gasteiger partial charge >= 0.3 is 0 Å². The third kappa shape index (κ3) is 3.45. The minimum Gasteiger partial charge on any atom is -0.358 e. The molecule has 4 unspecified atom stereocenters. The second kappa shape index (κ2) is 6.18. The first-order chi connectivity index (χ1) is 8.36. The van der Waals surface area contributed by atoms with Gasteiger partial charge < -0.3 is 16.0 Å². The highest BCUT2D eigenvalue weighted by atomic mass is 16.2. The van der Waals surface area contributed by atoms with Crippen molar-refractivity contribution < 1.29 is 9.59 Å². The summed E-state index contributed by atoms with van der Waals surface area (Å²) in [6.45, 7) is 4.35. The Bertz CT molecular complexity index is 319. The van der Waals surface area contributed by atoms with E-state index in [2.05, 4.69) is 19.2 Å². The maximum atomic E-state index is 12.3. The van der Waals surface area contributed by atoms with Crippen LogP contribution in [-0.4, -0.2) is 43.4 Å². The molecule has 104 valence electrons. The normalized spacial score (nSPS) is 31.8. The third-order valence-electron chi connectivity index (χ3n) is 4.04. The first kappa shape index (κ1) is 15.0. The smallest absolute Gasteiger partial charge is 0.239 e. The Kier molecular flexibility index (Phi) is 5.14. The van der Waals surface area contributed by atoms with E-state index in [4.69, 9.17) is 5.73 Å². The highest BCUT2D eigenvalue weighted by Crippen LogP contribution is 2.33. The van der Waals surface area contributed by atoms with Gasteiger partial charge in [0.1, 0.15) is 0 Å². The van der Waals surface area contributed by atoms with Crippen LogP contribution >= 0.6 is 0 Å². The van der Waals surface area contributed by atoms with E-state index in [0.29, 0.717) is 11.8 Å². The van der Waals surface area contributed by atoms with Gasteiger partial charge in [-0.05, 0) is 24.7 Å². The number of hydrogen-bond donors (Lipinski definition) is 2. The van der Waals surface area contributed by atoms with E-state index in [-0.39, 0.29) is 30.3 Å². The van der Waals surface area contributed by atoms with Crippen LogP contribution in [0.4, 0.5) is 0 Å². The van der Waals surface area contributed by atoms with Gasteiger partial charge in [0.15, 0.2) is 0 Å². The molecule has 1 saturated carbocycles. The average molecular weight is 255 g/mol. The molecule has 0 saturated heterocycles. The molecule has 1 fully saturated rings. The van der Waals surface area contributed by atoms with Crippen molar-refractivity contribution in [2.75, 3.05) is 20.6 Å². The molecule has 0 aromatic rings. The summed E-state index contributed by atoms with van der Waals surface area (Å²) in [5, 5.41) is 2.52. The Morgan fingerprint density at radius 1 is 1.28 bits per heavy atom. The molecule has 5 heteroatoms. The summed E-state index contributed by atoms with van der Waals surface area (Å²) in [7, 11) is 3.25. The Morgan fingerprint density at radius 3 is 2.44 bits per heavy atom. The van der Waals surface area contributed by atoms with Crippen molar-refractivity contribution in [3.8, 4) is 0 Å². The van der Waals surface area contributed by atoms with Crippen LogP contribution in [0, 0.1) is 17.8 Å². The van der Waals surface area contributed by atoms with Crippen LogP contribution in [-0.2, 0) is 9.59 Å². The van der Waals surface area contributed by atoms with Crippen molar-refractivity contribution >= 4 is 11.8 Å². The monoisotopic (exact) mass is 255 g/mol. The number of carbonyl (C=O) groups is 2. The maximum absolute atomic E-state index is 12.3. The van der Waals surface area contributed by atoms with Crippen LogP contribution in [0.5, 0.6) is 0 Å². The first-order valence-corrected chi connectivity index (χ1v) is 6.58. The Labute approximate surface area is 109 Å². The lowest BCUT2D eigenvalue weighted by Crippen LogP contribution is -2.47. The molecule has 1 aliphatic carbocycles. The molecule has 2 amide bonds. The van der Waals surface area contributed by atoms with E-state index < -0.39 is 0 Å². The van der Waals surface area contributed by atoms with Crippen LogP contribution in [0.1, 0.15) is 26.7 Å². The molecular formula is C13H25N3O2. The Balaban J connectivity index is 2.62. The molecule has 18 heavy (non-hydrogen) atoms. The van der Waals surface area contributed by atoms with Crippen molar-refractivity contribution in [3.05, 3.63) is 0 Å². The van der Waals surface area contributed by atoms with Gasteiger partial charge in [-0.3, -0.25) is 9.59 Å². The van der Waals surface area contributed by atoms with Crippen molar-refractivity contribution in [3.63, 3.8) is 0 Å². The molecular weight excluding hydrogens is 230 g/mol. The maximum Gasteiger partial charge on any atom is 0.239 e. The lowest BCUT2D eigenvalue weighted by Gasteiger charge is -2.37. The zero-order chi connectivity index (χ0) is 13.9. The molecule has 4 atom stereocenters. The van der Waals surface area contributed by atoms with E-state index in [0.717, 1.165) is 12.8 Å². The molecule has 0 heterocycles. The van der Waals surface area contributed by atoms with Gasteiger partial charge in [-0.25, -0.2) is 0 Å². The lowest BCUT2D eigenvalue weighted by atomic mass is 9.72. The van der Waals surface area contributed by atoms with Crippen LogP contribution < -0.4 is 11.1 Å². The molecule has 3 N–H and O–H groups in total. The minimum atomic E-state index is -0.146. The number of hydrogen-bond acceptors (Lipinski definition) is 3. The predicted molar refractivity (Wildman–Crippen MR) is 70.7 cm³/mol. The summed E-state index contributed by atoms with van der Waals surface area (Å²) in [6, 6.07) is 0.0866. The largest absolute Gasteiger partial charge is 0.358 e. The number of nitrogens with one attached hydrogen (secondary N) is 1. The zero-order valence-electron chi connectivity index (χ0n) is 11.8. The number of likely N-dealkylation sites (N-methyl/N-ethyl adjacent to an activating group) is 2. The van der Waals surface area contributed by atoms with Crippen LogP contribution in [0.3, 0.4) is 0 Å². The molecule has 0 spiro atoms. The SMILES string of the molecule is CNC(=O)CN(C)C(=O)C1CC(N)C(C)CC1C. The first-order valence-electron chi connectivity index (χ1n) is 6.58. The van der Waals surface area contributed by atoms with Crippen molar-refractivity contribution in [2.45, 2.75) is 32.7 Å². The number of carbonyl (C=O) groups excluding carboxylic acids is 2. The second-order valence-electron chi connectivity index (χ2n) is 5.56. The molecule has 0 aromatic carbocycles. The van der Waals surface area contributed by atoms with Gasteiger partial charge in [0, 0.05) is 26.1 Å². The molecule has 0 aliphatic heterocycles. The predicted octanol–water partition coefficient (Wildman–Crippen LogP) is 0.200. The minimum absolute atomic E-state index is 0.0356. The van der Waals surface area contributed by atoms with Crippen LogP contribution in [0.25, 0.3) is 0 Å². The van der Waals surface area contributed by atoms with E-state index in [1.54, 1.807) is 14.1 Å². The van der Waals surface area contributed by atoms with Crippen molar-refractivity contribution in [1.29, 1.82) is 0 Å². The lowest BCUT2D eigenvalue weighted by molar-refractivity contribution is -0.140. The fourth-order valence-corrected chi connectivity index (χ4v) is 2.68. The molecule has 0 radical (unpaired) electrons. The zero-order valence-corrected chi connectivity index (χ0v) is 11.8.